The van der Waals surface area contributed by atoms with Crippen LogP contribution in [0.4, 0.5) is 0 Å². The largest absolute Gasteiger partial charge is 0.298 e. The number of nitrogens with one attached hydrogen (secondary N) is 2. The molecule has 0 radical (unpaired) electrons. The van der Waals surface area contributed by atoms with Crippen LogP contribution in [0.3, 0.4) is 0 Å². The third-order valence-corrected chi connectivity index (χ3v) is 2.69. The van der Waals surface area contributed by atoms with Crippen molar-refractivity contribution in [2.24, 2.45) is 0 Å². The van der Waals surface area contributed by atoms with Crippen molar-refractivity contribution in [3.63, 3.8) is 0 Å². The molecule has 1 saturated carbocycles. The zero-order valence-corrected chi connectivity index (χ0v) is 6.56. The maximum absolute atomic E-state index is 3.54. The van der Waals surface area contributed by atoms with Gasteiger partial charge < -0.3 is 0 Å². The maximum atomic E-state index is 3.54. The molecule has 0 aromatic heterocycles. The standard InChI is InChI=1S/C8H16N2/c1-6-9-7-4-2-3-5-8(7)10-6/h6-10H,2-5H2,1H3/t7-,8-/m0/s1. The summed E-state index contributed by atoms with van der Waals surface area (Å²) >= 11 is 0. The predicted octanol–water partition coefficient (Wildman–Crippen LogP) is 0.836. The van der Waals surface area contributed by atoms with Gasteiger partial charge in [-0.3, -0.25) is 10.6 Å². The van der Waals surface area contributed by atoms with E-state index in [1.807, 2.05) is 0 Å². The molecule has 2 nitrogen and oxygen atoms in total. The van der Waals surface area contributed by atoms with Gasteiger partial charge in [0.25, 0.3) is 0 Å². The second-order valence-corrected chi connectivity index (χ2v) is 3.55. The SMILES string of the molecule is CC1N[C@H]2CCCC[C@@H]2N1. The second-order valence-electron chi connectivity index (χ2n) is 3.55. The molecule has 10 heavy (non-hydrogen) atoms. The number of fused-ring (bicyclic) bond motifs is 1. The van der Waals surface area contributed by atoms with Crippen molar-refractivity contribution in [3.8, 4) is 0 Å². The number of rotatable bonds is 0. The third-order valence-electron chi connectivity index (χ3n) is 2.69. The molecule has 1 aliphatic heterocycles. The van der Waals surface area contributed by atoms with E-state index < -0.39 is 0 Å². The van der Waals surface area contributed by atoms with Crippen molar-refractivity contribution in [1.82, 2.24) is 10.6 Å². The van der Waals surface area contributed by atoms with Crippen molar-refractivity contribution in [2.45, 2.75) is 50.9 Å². The average Bonchev–Trinajstić information content (AvgIpc) is 2.27. The van der Waals surface area contributed by atoms with Crippen molar-refractivity contribution in [3.05, 3.63) is 0 Å². The van der Waals surface area contributed by atoms with E-state index in [9.17, 15) is 0 Å². The van der Waals surface area contributed by atoms with Gasteiger partial charge in [-0.25, -0.2) is 0 Å². The highest BCUT2D eigenvalue weighted by atomic mass is 15.2. The van der Waals surface area contributed by atoms with E-state index in [-0.39, 0.29) is 0 Å². The normalized spacial score (nSPS) is 41.7. The Morgan fingerprint density at radius 3 is 2.00 bits per heavy atom. The Kier molecular flexibility index (Phi) is 1.66. The molecule has 2 N–H and O–H groups in total. The van der Waals surface area contributed by atoms with Gasteiger partial charge in [-0.05, 0) is 19.8 Å². The lowest BCUT2D eigenvalue weighted by atomic mass is 9.92. The topological polar surface area (TPSA) is 24.1 Å². The van der Waals surface area contributed by atoms with Crippen LogP contribution >= 0.6 is 0 Å². The zero-order chi connectivity index (χ0) is 6.97. The minimum Gasteiger partial charge on any atom is -0.298 e. The summed E-state index contributed by atoms with van der Waals surface area (Å²) < 4.78 is 0. The Morgan fingerprint density at radius 1 is 1.00 bits per heavy atom. The van der Waals surface area contributed by atoms with E-state index in [4.69, 9.17) is 0 Å². The molecule has 2 heteroatoms. The summed E-state index contributed by atoms with van der Waals surface area (Å²) in [7, 11) is 0. The van der Waals surface area contributed by atoms with Crippen molar-refractivity contribution in [2.75, 3.05) is 0 Å². The molecule has 2 fully saturated rings. The molecule has 0 bridgehead atoms. The highest BCUT2D eigenvalue weighted by Gasteiger charge is 2.31. The van der Waals surface area contributed by atoms with Gasteiger partial charge in [0.1, 0.15) is 0 Å². The summed E-state index contributed by atoms with van der Waals surface area (Å²) in [6, 6.07) is 1.56. The third kappa shape index (κ3) is 1.06. The van der Waals surface area contributed by atoms with Crippen LogP contribution in [0.25, 0.3) is 0 Å². The van der Waals surface area contributed by atoms with Crippen molar-refractivity contribution >= 4 is 0 Å². The molecular weight excluding hydrogens is 124 g/mol. The van der Waals surface area contributed by atoms with Crippen LogP contribution in [0.1, 0.15) is 32.6 Å². The van der Waals surface area contributed by atoms with Gasteiger partial charge in [-0.1, -0.05) is 12.8 Å². The maximum Gasteiger partial charge on any atom is 0.0547 e. The van der Waals surface area contributed by atoms with Gasteiger partial charge >= 0.3 is 0 Å². The monoisotopic (exact) mass is 140 g/mol. The molecule has 0 aromatic carbocycles. The van der Waals surface area contributed by atoms with Crippen LogP contribution in [-0.4, -0.2) is 18.2 Å². The highest BCUT2D eigenvalue weighted by Crippen LogP contribution is 2.22. The summed E-state index contributed by atoms with van der Waals surface area (Å²) in [6.07, 6.45) is 6.14. The van der Waals surface area contributed by atoms with Gasteiger partial charge in [0, 0.05) is 12.1 Å². The first-order valence-electron chi connectivity index (χ1n) is 4.38. The molecule has 0 amide bonds. The van der Waals surface area contributed by atoms with Crippen LogP contribution in [-0.2, 0) is 0 Å². The Morgan fingerprint density at radius 2 is 1.50 bits per heavy atom. The van der Waals surface area contributed by atoms with E-state index in [1.165, 1.54) is 25.7 Å². The fourth-order valence-corrected chi connectivity index (χ4v) is 2.22. The molecular formula is C8H16N2. The quantitative estimate of drug-likeness (QED) is 0.521. The number of hydrogen-bond acceptors (Lipinski definition) is 2. The molecule has 1 aliphatic carbocycles. The molecule has 1 saturated heterocycles. The molecule has 0 spiro atoms. The van der Waals surface area contributed by atoms with E-state index in [0.717, 1.165) is 12.1 Å². The molecule has 2 atom stereocenters. The molecule has 1 heterocycles. The summed E-state index contributed by atoms with van der Waals surface area (Å²) in [4.78, 5) is 0. The number of hydrogen-bond donors (Lipinski definition) is 2. The van der Waals surface area contributed by atoms with Crippen molar-refractivity contribution < 1.29 is 0 Å². The van der Waals surface area contributed by atoms with Gasteiger partial charge in [0.15, 0.2) is 0 Å². The van der Waals surface area contributed by atoms with Crippen LogP contribution in [0.15, 0.2) is 0 Å². The lowest BCUT2D eigenvalue weighted by molar-refractivity contribution is 0.374. The van der Waals surface area contributed by atoms with Gasteiger partial charge in [-0.15, -0.1) is 0 Å². The molecule has 2 aliphatic rings. The Balaban J connectivity index is 1.97. The van der Waals surface area contributed by atoms with Crippen LogP contribution in [0, 0.1) is 0 Å². The summed E-state index contributed by atoms with van der Waals surface area (Å²) in [5, 5.41) is 7.09. The first kappa shape index (κ1) is 6.62. The average molecular weight is 140 g/mol. The molecule has 2 rings (SSSR count). The van der Waals surface area contributed by atoms with E-state index >= 15 is 0 Å². The molecule has 0 unspecified atom stereocenters. The van der Waals surface area contributed by atoms with E-state index in [1.54, 1.807) is 0 Å². The van der Waals surface area contributed by atoms with E-state index in [0.29, 0.717) is 6.17 Å². The minimum absolute atomic E-state index is 0.549. The molecule has 58 valence electrons. The first-order valence-corrected chi connectivity index (χ1v) is 4.38. The Bertz CT molecular complexity index is 110. The zero-order valence-electron chi connectivity index (χ0n) is 6.56. The molecule has 0 aromatic rings. The fraction of sp³-hybridized carbons (Fsp3) is 1.00. The summed E-state index contributed by atoms with van der Waals surface area (Å²) in [5.74, 6) is 0. The Hall–Kier alpha value is -0.0800. The van der Waals surface area contributed by atoms with Gasteiger partial charge in [-0.2, -0.15) is 0 Å². The minimum atomic E-state index is 0.549. The highest BCUT2D eigenvalue weighted by molar-refractivity contribution is 4.93. The Labute approximate surface area is 62.4 Å². The van der Waals surface area contributed by atoms with Gasteiger partial charge in [0.2, 0.25) is 0 Å². The van der Waals surface area contributed by atoms with Crippen molar-refractivity contribution in [1.29, 1.82) is 0 Å². The summed E-state index contributed by atoms with van der Waals surface area (Å²) in [6.45, 7) is 2.21. The van der Waals surface area contributed by atoms with Crippen LogP contribution < -0.4 is 10.6 Å². The summed E-state index contributed by atoms with van der Waals surface area (Å²) in [5.41, 5.74) is 0. The predicted molar refractivity (Wildman–Crippen MR) is 41.8 cm³/mol. The smallest absolute Gasteiger partial charge is 0.0547 e. The van der Waals surface area contributed by atoms with E-state index in [2.05, 4.69) is 17.6 Å². The van der Waals surface area contributed by atoms with Crippen LogP contribution in [0.2, 0.25) is 0 Å². The van der Waals surface area contributed by atoms with Crippen LogP contribution in [0.5, 0.6) is 0 Å². The van der Waals surface area contributed by atoms with Gasteiger partial charge in [0.05, 0.1) is 6.17 Å². The fourth-order valence-electron chi connectivity index (χ4n) is 2.22. The second kappa shape index (κ2) is 2.51. The lowest BCUT2D eigenvalue weighted by Crippen LogP contribution is -2.36. The first-order chi connectivity index (χ1) is 4.86. The lowest BCUT2D eigenvalue weighted by Gasteiger charge is -2.23.